The van der Waals surface area contributed by atoms with Crippen LogP contribution in [0.25, 0.3) is 0 Å². The molecule has 1 aromatic rings. The Labute approximate surface area is 182 Å². The fraction of sp³-hybridized carbons (Fsp3) is 0.542. The minimum atomic E-state index is -1.98. The zero-order valence-corrected chi connectivity index (χ0v) is 20.1. The second kappa shape index (κ2) is 9.94. The lowest BCUT2D eigenvalue weighted by atomic mass is 9.87. The predicted molar refractivity (Wildman–Crippen MR) is 124 cm³/mol. The van der Waals surface area contributed by atoms with Crippen LogP contribution in [0.4, 0.5) is 4.79 Å². The van der Waals surface area contributed by atoms with Gasteiger partial charge < -0.3 is 14.3 Å². The van der Waals surface area contributed by atoms with Gasteiger partial charge in [0.2, 0.25) is 0 Å². The normalized spacial score (nSPS) is 22.1. The summed E-state index contributed by atoms with van der Waals surface area (Å²) in [6.45, 7) is 15.2. The molecule has 5 nitrogen and oxygen atoms in total. The summed E-state index contributed by atoms with van der Waals surface area (Å²) in [5.74, 6) is 0. The molecular formula is C24H37NO4Si. The average Bonchev–Trinajstić information content (AvgIpc) is 2.70. The van der Waals surface area contributed by atoms with E-state index in [1.165, 1.54) is 0 Å². The highest BCUT2D eigenvalue weighted by Gasteiger charge is 2.45. The van der Waals surface area contributed by atoms with E-state index in [1.807, 2.05) is 42.5 Å². The number of nitrogens with zero attached hydrogens (tertiary/aromatic N) is 1. The molecule has 166 valence electrons. The Kier molecular flexibility index (Phi) is 8.08. The number of aliphatic hydroxyl groups excluding tert-OH is 1. The first-order chi connectivity index (χ1) is 14.1. The second-order valence-corrected chi connectivity index (χ2v) is 14.3. The molecule has 2 rings (SSSR count). The minimum Gasteiger partial charge on any atom is -0.445 e. The van der Waals surface area contributed by atoms with E-state index in [0.29, 0.717) is 19.4 Å². The number of hydrogen-bond acceptors (Lipinski definition) is 4. The van der Waals surface area contributed by atoms with Crippen LogP contribution in [-0.4, -0.2) is 49.2 Å². The van der Waals surface area contributed by atoms with Crippen LogP contribution in [-0.2, 0) is 15.8 Å². The first-order valence-corrected chi connectivity index (χ1v) is 13.5. The minimum absolute atomic E-state index is 0.0747. The third-order valence-electron chi connectivity index (χ3n) is 6.30. The quantitative estimate of drug-likeness (QED) is 0.449. The van der Waals surface area contributed by atoms with E-state index in [4.69, 9.17) is 9.16 Å². The maximum atomic E-state index is 13.2. The summed E-state index contributed by atoms with van der Waals surface area (Å²) in [5, 5.41) is 10.3. The molecular weight excluding hydrogens is 394 g/mol. The summed E-state index contributed by atoms with van der Waals surface area (Å²) in [6, 6.07) is 9.39. The summed E-state index contributed by atoms with van der Waals surface area (Å²) in [5.41, 5.74) is 0.0562. The van der Waals surface area contributed by atoms with Crippen molar-refractivity contribution in [2.45, 2.75) is 69.9 Å². The van der Waals surface area contributed by atoms with E-state index in [1.54, 1.807) is 11.0 Å². The van der Waals surface area contributed by atoms with E-state index in [-0.39, 0.29) is 24.3 Å². The number of ether oxygens (including phenoxy) is 1. The molecule has 0 saturated heterocycles. The van der Waals surface area contributed by atoms with Crippen molar-refractivity contribution in [3.8, 4) is 0 Å². The molecule has 0 fully saturated rings. The van der Waals surface area contributed by atoms with Crippen molar-refractivity contribution in [2.75, 3.05) is 13.2 Å². The molecule has 0 spiro atoms. The van der Waals surface area contributed by atoms with Gasteiger partial charge in [-0.05, 0) is 36.5 Å². The van der Waals surface area contributed by atoms with Gasteiger partial charge in [0.1, 0.15) is 6.61 Å². The number of hydrogen-bond donors (Lipinski definition) is 1. The van der Waals surface area contributed by atoms with Crippen LogP contribution in [0.1, 0.15) is 39.2 Å². The average molecular weight is 432 g/mol. The number of rotatable bonds is 8. The van der Waals surface area contributed by atoms with E-state index < -0.39 is 19.9 Å². The van der Waals surface area contributed by atoms with Gasteiger partial charge >= 0.3 is 6.09 Å². The van der Waals surface area contributed by atoms with E-state index >= 15 is 0 Å². The van der Waals surface area contributed by atoms with Crippen molar-refractivity contribution in [2.24, 2.45) is 0 Å². The van der Waals surface area contributed by atoms with Gasteiger partial charge in [-0.2, -0.15) is 0 Å². The predicted octanol–water partition coefficient (Wildman–Crippen LogP) is 5.28. The van der Waals surface area contributed by atoms with Crippen LogP contribution in [0, 0.1) is 0 Å². The lowest BCUT2D eigenvalue weighted by molar-refractivity contribution is -0.00257. The fourth-order valence-electron chi connectivity index (χ4n) is 3.39. The van der Waals surface area contributed by atoms with Crippen molar-refractivity contribution in [1.29, 1.82) is 0 Å². The Hall–Kier alpha value is -1.89. The first kappa shape index (κ1) is 24.4. The molecule has 1 aliphatic rings. The van der Waals surface area contributed by atoms with Gasteiger partial charge in [-0.3, -0.25) is 4.90 Å². The molecule has 0 bridgehead atoms. The third kappa shape index (κ3) is 5.62. The molecule has 0 aliphatic carbocycles. The van der Waals surface area contributed by atoms with Crippen LogP contribution >= 0.6 is 0 Å². The smallest absolute Gasteiger partial charge is 0.411 e. The summed E-state index contributed by atoms with van der Waals surface area (Å²) in [7, 11) is -1.98. The zero-order chi connectivity index (χ0) is 22.4. The van der Waals surface area contributed by atoms with Crippen LogP contribution in [0.5, 0.6) is 0 Å². The fourth-order valence-corrected chi connectivity index (χ4v) is 4.43. The standard InChI is InChI=1S/C24H37NO4Si/c1-7-15-24(19-26)16-11-14-21(18-29-30(5,6)23(2,3)4)25(24)22(27)28-17-20-12-9-8-10-13-20/h7-13,16,21,26H,1,14-15,17-19H2,2-6H3/t21-,24+/m1/s1. The Morgan fingerprint density at radius 2 is 2.00 bits per heavy atom. The van der Waals surface area contributed by atoms with Gasteiger partial charge in [0.25, 0.3) is 0 Å². The molecule has 6 heteroatoms. The highest BCUT2D eigenvalue weighted by molar-refractivity contribution is 6.74. The van der Waals surface area contributed by atoms with Gasteiger partial charge in [-0.15, -0.1) is 6.58 Å². The summed E-state index contributed by atoms with van der Waals surface area (Å²) in [6.07, 6.45) is 6.32. The van der Waals surface area contributed by atoms with E-state index in [9.17, 15) is 9.90 Å². The van der Waals surface area contributed by atoms with Gasteiger partial charge in [0.15, 0.2) is 8.32 Å². The van der Waals surface area contributed by atoms with Crippen molar-refractivity contribution >= 4 is 14.4 Å². The molecule has 30 heavy (non-hydrogen) atoms. The second-order valence-electron chi connectivity index (χ2n) is 9.53. The molecule has 1 aliphatic heterocycles. The van der Waals surface area contributed by atoms with Crippen LogP contribution in [0.3, 0.4) is 0 Å². The maximum absolute atomic E-state index is 13.2. The van der Waals surface area contributed by atoms with Crippen LogP contribution in [0.15, 0.2) is 55.1 Å². The lowest BCUT2D eigenvalue weighted by Crippen LogP contribution is -2.61. The molecule has 2 atom stereocenters. The van der Waals surface area contributed by atoms with Crippen molar-refractivity contribution in [1.82, 2.24) is 4.90 Å². The van der Waals surface area contributed by atoms with Crippen molar-refractivity contribution in [3.63, 3.8) is 0 Å². The molecule has 0 unspecified atom stereocenters. The first-order valence-electron chi connectivity index (χ1n) is 10.6. The summed E-state index contributed by atoms with van der Waals surface area (Å²) >= 11 is 0. The monoisotopic (exact) mass is 431 g/mol. The third-order valence-corrected chi connectivity index (χ3v) is 10.8. The van der Waals surface area contributed by atoms with Crippen LogP contribution < -0.4 is 0 Å². The Bertz CT molecular complexity index is 741. The highest BCUT2D eigenvalue weighted by Crippen LogP contribution is 2.38. The lowest BCUT2D eigenvalue weighted by Gasteiger charge is -2.47. The van der Waals surface area contributed by atoms with Crippen LogP contribution in [0.2, 0.25) is 18.1 Å². The largest absolute Gasteiger partial charge is 0.445 e. The number of amides is 1. The number of benzene rings is 1. The Morgan fingerprint density at radius 1 is 1.33 bits per heavy atom. The number of aliphatic hydroxyl groups is 1. The molecule has 0 radical (unpaired) electrons. The zero-order valence-electron chi connectivity index (χ0n) is 19.1. The molecule has 1 amide bonds. The molecule has 1 aromatic carbocycles. The molecule has 0 aromatic heterocycles. The topological polar surface area (TPSA) is 59.0 Å². The molecule has 1 heterocycles. The van der Waals surface area contributed by atoms with Gasteiger partial charge in [0, 0.05) is 0 Å². The van der Waals surface area contributed by atoms with Crippen molar-refractivity contribution in [3.05, 3.63) is 60.7 Å². The number of carbonyl (C=O) groups excluding carboxylic acids is 1. The number of carbonyl (C=O) groups is 1. The van der Waals surface area contributed by atoms with Gasteiger partial charge in [-0.1, -0.05) is 69.3 Å². The van der Waals surface area contributed by atoms with Gasteiger partial charge in [0.05, 0.1) is 24.8 Å². The SMILES string of the molecule is C=CC[C@@]1(CO)C=CC[C@H](CO[Si](C)(C)C(C)(C)C)N1C(=O)OCc1ccccc1. The Morgan fingerprint density at radius 3 is 2.57 bits per heavy atom. The van der Waals surface area contributed by atoms with Gasteiger partial charge in [-0.25, -0.2) is 4.79 Å². The van der Waals surface area contributed by atoms with Crippen molar-refractivity contribution < 1.29 is 19.1 Å². The summed E-state index contributed by atoms with van der Waals surface area (Å²) < 4.78 is 12.1. The maximum Gasteiger partial charge on any atom is 0.411 e. The van der Waals surface area contributed by atoms with E-state index in [0.717, 1.165) is 5.56 Å². The molecule has 1 N–H and O–H groups in total. The summed E-state index contributed by atoms with van der Waals surface area (Å²) in [4.78, 5) is 14.9. The van der Waals surface area contributed by atoms with E-state index in [2.05, 4.69) is 40.4 Å². The highest BCUT2D eigenvalue weighted by atomic mass is 28.4. The Balaban J connectivity index is 2.24. The molecule has 0 saturated carbocycles.